The molecule has 21 heavy (non-hydrogen) atoms. The summed E-state index contributed by atoms with van der Waals surface area (Å²) < 4.78 is 5.54. The van der Waals surface area contributed by atoms with Gasteiger partial charge in [0.15, 0.2) is 0 Å². The Labute approximate surface area is 128 Å². The van der Waals surface area contributed by atoms with E-state index >= 15 is 0 Å². The molecule has 0 aromatic carbocycles. The average molecular weight is 301 g/mol. The molecule has 2 aromatic heterocycles. The number of furan rings is 1. The molecule has 1 N–H and O–H groups in total. The van der Waals surface area contributed by atoms with E-state index < -0.39 is 0 Å². The van der Waals surface area contributed by atoms with Gasteiger partial charge in [0.25, 0.3) is 0 Å². The van der Waals surface area contributed by atoms with Crippen molar-refractivity contribution in [2.75, 3.05) is 6.54 Å². The molecule has 4 heteroatoms. The van der Waals surface area contributed by atoms with Crippen LogP contribution in [-0.2, 0) is 4.79 Å². The van der Waals surface area contributed by atoms with Gasteiger partial charge in [-0.2, -0.15) is 11.3 Å². The van der Waals surface area contributed by atoms with Gasteiger partial charge in [0.2, 0.25) is 5.91 Å². The highest BCUT2D eigenvalue weighted by Crippen LogP contribution is 2.26. The monoisotopic (exact) mass is 301 g/mol. The van der Waals surface area contributed by atoms with Gasteiger partial charge in [-0.25, -0.2) is 0 Å². The summed E-state index contributed by atoms with van der Waals surface area (Å²) in [6.07, 6.45) is 8.76. The molecule has 0 fully saturated rings. The Kier molecular flexibility index (Phi) is 4.55. The molecule has 2 atom stereocenters. The summed E-state index contributed by atoms with van der Waals surface area (Å²) in [4.78, 5) is 12.3. The summed E-state index contributed by atoms with van der Waals surface area (Å²) in [5.41, 5.74) is 1.19. The van der Waals surface area contributed by atoms with Gasteiger partial charge in [-0.3, -0.25) is 4.79 Å². The highest BCUT2D eigenvalue weighted by Gasteiger charge is 2.22. The number of rotatable bonds is 5. The Bertz CT molecular complexity index is 552. The molecule has 3 nitrogen and oxygen atoms in total. The van der Waals surface area contributed by atoms with Crippen LogP contribution in [0.25, 0.3) is 0 Å². The third kappa shape index (κ3) is 3.45. The first-order chi connectivity index (χ1) is 10.3. The molecule has 2 heterocycles. The summed E-state index contributed by atoms with van der Waals surface area (Å²) in [6.45, 7) is 0.587. The van der Waals surface area contributed by atoms with Crippen LogP contribution in [0.15, 0.2) is 51.8 Å². The number of allylic oxidation sites excluding steroid dienone is 2. The molecule has 0 saturated heterocycles. The molecule has 2 unspecified atom stereocenters. The van der Waals surface area contributed by atoms with Crippen LogP contribution in [-0.4, -0.2) is 12.5 Å². The van der Waals surface area contributed by atoms with Crippen molar-refractivity contribution in [3.63, 3.8) is 0 Å². The Morgan fingerprint density at radius 3 is 3.05 bits per heavy atom. The lowest BCUT2D eigenvalue weighted by Gasteiger charge is -2.20. The second kappa shape index (κ2) is 6.76. The molecule has 0 spiro atoms. The second-order valence-electron chi connectivity index (χ2n) is 5.35. The van der Waals surface area contributed by atoms with E-state index in [-0.39, 0.29) is 17.7 Å². The third-order valence-electron chi connectivity index (χ3n) is 3.95. The maximum absolute atomic E-state index is 12.3. The van der Waals surface area contributed by atoms with Gasteiger partial charge in [-0.05, 0) is 53.8 Å². The van der Waals surface area contributed by atoms with E-state index in [2.05, 4.69) is 34.3 Å². The molecule has 0 radical (unpaired) electrons. The zero-order chi connectivity index (χ0) is 14.5. The molecule has 110 valence electrons. The third-order valence-corrected chi connectivity index (χ3v) is 4.65. The summed E-state index contributed by atoms with van der Waals surface area (Å²) >= 11 is 1.66. The Morgan fingerprint density at radius 1 is 1.43 bits per heavy atom. The first-order valence-electron chi connectivity index (χ1n) is 7.33. The smallest absolute Gasteiger partial charge is 0.223 e. The molecule has 0 saturated carbocycles. The van der Waals surface area contributed by atoms with Crippen molar-refractivity contribution >= 4 is 17.2 Å². The summed E-state index contributed by atoms with van der Waals surface area (Å²) in [7, 11) is 0. The largest absolute Gasteiger partial charge is 0.469 e. The van der Waals surface area contributed by atoms with Crippen LogP contribution in [0.1, 0.15) is 36.5 Å². The number of thiophene rings is 1. The maximum Gasteiger partial charge on any atom is 0.223 e. The van der Waals surface area contributed by atoms with Crippen LogP contribution >= 0.6 is 11.3 Å². The van der Waals surface area contributed by atoms with Gasteiger partial charge in [0.1, 0.15) is 5.76 Å². The maximum atomic E-state index is 12.3. The summed E-state index contributed by atoms with van der Waals surface area (Å²) in [5.74, 6) is 1.27. The van der Waals surface area contributed by atoms with Crippen LogP contribution in [0.2, 0.25) is 0 Å². The number of hydrogen-bond acceptors (Lipinski definition) is 3. The van der Waals surface area contributed by atoms with Gasteiger partial charge in [0, 0.05) is 12.5 Å². The van der Waals surface area contributed by atoms with Crippen molar-refractivity contribution in [2.24, 2.45) is 5.92 Å². The minimum absolute atomic E-state index is 0.0920. The van der Waals surface area contributed by atoms with Crippen molar-refractivity contribution in [3.8, 4) is 0 Å². The molecule has 1 aliphatic rings. The quantitative estimate of drug-likeness (QED) is 0.850. The van der Waals surface area contributed by atoms with Crippen LogP contribution in [0, 0.1) is 5.92 Å². The molecule has 1 aliphatic carbocycles. The van der Waals surface area contributed by atoms with Crippen LogP contribution in [0.5, 0.6) is 0 Å². The van der Waals surface area contributed by atoms with E-state index in [1.165, 1.54) is 5.56 Å². The first kappa shape index (κ1) is 14.1. The minimum Gasteiger partial charge on any atom is -0.469 e. The predicted molar refractivity (Wildman–Crippen MR) is 84.4 cm³/mol. The van der Waals surface area contributed by atoms with E-state index in [1.807, 2.05) is 12.1 Å². The van der Waals surface area contributed by atoms with Crippen LogP contribution in [0.3, 0.4) is 0 Å². The molecular weight excluding hydrogens is 282 g/mol. The summed E-state index contributed by atoms with van der Waals surface area (Å²) in [5, 5.41) is 7.27. The number of hydrogen-bond donors (Lipinski definition) is 1. The highest BCUT2D eigenvalue weighted by molar-refractivity contribution is 7.08. The van der Waals surface area contributed by atoms with Crippen molar-refractivity contribution < 1.29 is 9.21 Å². The number of nitrogens with one attached hydrogen (secondary N) is 1. The topological polar surface area (TPSA) is 42.2 Å². The fourth-order valence-corrected chi connectivity index (χ4v) is 3.44. The van der Waals surface area contributed by atoms with E-state index in [4.69, 9.17) is 4.42 Å². The average Bonchev–Trinajstić information content (AvgIpc) is 3.22. The molecule has 3 rings (SSSR count). The number of carbonyl (C=O) groups excluding carboxylic acids is 1. The SMILES string of the molecule is O=C(NCC(c1ccsc1)c1ccco1)C1CC=CCC1. The van der Waals surface area contributed by atoms with Gasteiger partial charge in [-0.1, -0.05) is 12.2 Å². The minimum atomic E-state index is 0.0920. The molecule has 0 aliphatic heterocycles. The van der Waals surface area contributed by atoms with E-state index in [0.29, 0.717) is 6.54 Å². The highest BCUT2D eigenvalue weighted by atomic mass is 32.1. The zero-order valence-corrected chi connectivity index (χ0v) is 12.6. The van der Waals surface area contributed by atoms with Gasteiger partial charge >= 0.3 is 0 Å². The van der Waals surface area contributed by atoms with Gasteiger partial charge in [-0.15, -0.1) is 0 Å². The zero-order valence-electron chi connectivity index (χ0n) is 11.8. The van der Waals surface area contributed by atoms with Gasteiger partial charge < -0.3 is 9.73 Å². The molecular formula is C17H19NO2S. The van der Waals surface area contributed by atoms with E-state index in [1.54, 1.807) is 17.6 Å². The number of amides is 1. The first-order valence-corrected chi connectivity index (χ1v) is 8.27. The second-order valence-corrected chi connectivity index (χ2v) is 6.13. The van der Waals surface area contributed by atoms with Crippen molar-refractivity contribution in [1.29, 1.82) is 0 Å². The van der Waals surface area contributed by atoms with Crippen LogP contribution < -0.4 is 5.32 Å². The number of carbonyl (C=O) groups is 1. The van der Waals surface area contributed by atoms with Crippen molar-refractivity contribution in [1.82, 2.24) is 5.32 Å². The standard InChI is InChI=1S/C17H19NO2S/c19-17(13-5-2-1-3-6-13)18-11-15(14-8-10-21-12-14)16-7-4-9-20-16/h1-2,4,7-10,12-13,15H,3,5-6,11H2,(H,18,19). The molecule has 2 aromatic rings. The lowest BCUT2D eigenvalue weighted by Crippen LogP contribution is -2.34. The Balaban J connectivity index is 1.65. The Hall–Kier alpha value is -1.81. The van der Waals surface area contributed by atoms with Gasteiger partial charge in [0.05, 0.1) is 12.2 Å². The molecule has 1 amide bonds. The normalized spacial score (nSPS) is 19.3. The van der Waals surface area contributed by atoms with Crippen molar-refractivity contribution in [3.05, 3.63) is 58.7 Å². The Morgan fingerprint density at radius 2 is 2.38 bits per heavy atom. The fraction of sp³-hybridized carbons (Fsp3) is 0.353. The lowest BCUT2D eigenvalue weighted by atomic mass is 9.93. The fourth-order valence-electron chi connectivity index (χ4n) is 2.72. The van der Waals surface area contributed by atoms with E-state index in [9.17, 15) is 4.79 Å². The van der Waals surface area contributed by atoms with Crippen LogP contribution in [0.4, 0.5) is 0 Å². The summed E-state index contributed by atoms with van der Waals surface area (Å²) in [6, 6.07) is 5.95. The predicted octanol–water partition coefficient (Wildman–Crippen LogP) is 3.95. The molecule has 0 bridgehead atoms. The lowest BCUT2D eigenvalue weighted by molar-refractivity contribution is -0.125. The van der Waals surface area contributed by atoms with E-state index in [0.717, 1.165) is 25.0 Å². The van der Waals surface area contributed by atoms with Crippen molar-refractivity contribution in [2.45, 2.75) is 25.2 Å².